The Morgan fingerprint density at radius 1 is 1.37 bits per heavy atom. The minimum Gasteiger partial charge on any atom is -0.481 e. The topological polar surface area (TPSA) is 57.6 Å². The van der Waals surface area contributed by atoms with Crippen LogP contribution >= 0.6 is 0 Å². The fourth-order valence-corrected chi connectivity index (χ4v) is 2.22. The number of hydrogen-bond donors (Lipinski definition) is 1. The third-order valence-corrected chi connectivity index (χ3v) is 3.71. The predicted molar refractivity (Wildman–Crippen MR) is 66.8 cm³/mol. The number of carbonyl (C=O) groups is 2. The van der Waals surface area contributed by atoms with Crippen molar-refractivity contribution >= 4 is 11.9 Å². The fraction of sp³-hybridized carbons (Fsp3) is 0.429. The Morgan fingerprint density at radius 2 is 2.00 bits per heavy atom. The van der Waals surface area contributed by atoms with Crippen molar-refractivity contribution in [3.05, 3.63) is 35.6 Å². The number of amides is 1. The lowest BCUT2D eigenvalue weighted by Crippen LogP contribution is -2.32. The van der Waals surface area contributed by atoms with E-state index in [4.69, 9.17) is 5.11 Å². The molecule has 1 aromatic rings. The predicted octanol–water partition coefficient (Wildman–Crippen LogP) is 2.07. The van der Waals surface area contributed by atoms with Crippen LogP contribution in [0.5, 0.6) is 0 Å². The summed E-state index contributed by atoms with van der Waals surface area (Å²) in [6.07, 6.45) is 0.377. The van der Waals surface area contributed by atoms with Gasteiger partial charge in [0, 0.05) is 12.6 Å². The lowest BCUT2D eigenvalue weighted by atomic mass is 10.1. The lowest BCUT2D eigenvalue weighted by Gasteiger charge is -2.25. The van der Waals surface area contributed by atoms with Crippen molar-refractivity contribution in [1.29, 1.82) is 0 Å². The Hall–Kier alpha value is -1.91. The minimum atomic E-state index is -0.940. The second-order valence-corrected chi connectivity index (χ2v) is 4.93. The largest absolute Gasteiger partial charge is 0.481 e. The van der Waals surface area contributed by atoms with Gasteiger partial charge in [-0.3, -0.25) is 9.59 Å². The molecule has 1 aliphatic carbocycles. The van der Waals surface area contributed by atoms with E-state index in [1.54, 1.807) is 32.2 Å². The molecule has 5 heteroatoms. The van der Waals surface area contributed by atoms with Gasteiger partial charge in [0.05, 0.1) is 17.9 Å². The van der Waals surface area contributed by atoms with Crippen molar-refractivity contribution in [2.75, 3.05) is 7.05 Å². The molecule has 3 atom stereocenters. The summed E-state index contributed by atoms with van der Waals surface area (Å²) in [6.45, 7) is 1.73. The number of hydrogen-bond acceptors (Lipinski definition) is 2. The number of carbonyl (C=O) groups excluding carboxylic acids is 1. The van der Waals surface area contributed by atoms with Gasteiger partial charge in [0.1, 0.15) is 5.82 Å². The maximum absolute atomic E-state index is 13.7. The average molecular weight is 265 g/mol. The molecule has 4 nitrogen and oxygen atoms in total. The van der Waals surface area contributed by atoms with Crippen molar-refractivity contribution < 1.29 is 19.1 Å². The molecule has 102 valence electrons. The van der Waals surface area contributed by atoms with Gasteiger partial charge in [-0.25, -0.2) is 4.39 Å². The number of carboxylic acids is 1. The number of aliphatic carboxylic acids is 1. The number of halogens is 1. The van der Waals surface area contributed by atoms with Gasteiger partial charge in [-0.15, -0.1) is 0 Å². The summed E-state index contributed by atoms with van der Waals surface area (Å²) in [5, 5.41) is 8.82. The summed E-state index contributed by atoms with van der Waals surface area (Å²) in [5.74, 6) is -2.58. The summed E-state index contributed by atoms with van der Waals surface area (Å²) in [4.78, 5) is 24.3. The summed E-state index contributed by atoms with van der Waals surface area (Å²) in [5.41, 5.74) is 0.436. The number of benzene rings is 1. The molecule has 1 fully saturated rings. The molecule has 1 saturated carbocycles. The van der Waals surface area contributed by atoms with E-state index in [9.17, 15) is 14.0 Å². The average Bonchev–Trinajstić information content (AvgIpc) is 3.17. The quantitative estimate of drug-likeness (QED) is 0.906. The Morgan fingerprint density at radius 3 is 2.53 bits per heavy atom. The Bertz CT molecular complexity index is 517. The van der Waals surface area contributed by atoms with Crippen LogP contribution in [-0.2, 0) is 9.59 Å². The molecule has 1 aliphatic rings. The second-order valence-electron chi connectivity index (χ2n) is 4.93. The first-order chi connectivity index (χ1) is 8.93. The Balaban J connectivity index is 2.08. The number of carboxylic acid groups (broad SMARTS) is 1. The molecule has 0 aliphatic heterocycles. The van der Waals surface area contributed by atoms with E-state index in [0.29, 0.717) is 12.0 Å². The molecule has 1 aromatic carbocycles. The first-order valence-corrected chi connectivity index (χ1v) is 6.17. The highest BCUT2D eigenvalue weighted by atomic mass is 19.1. The summed E-state index contributed by atoms with van der Waals surface area (Å²) < 4.78 is 13.7. The molecule has 0 aromatic heterocycles. The van der Waals surface area contributed by atoms with Crippen LogP contribution in [0.2, 0.25) is 0 Å². The Labute approximate surface area is 110 Å². The van der Waals surface area contributed by atoms with Crippen molar-refractivity contribution in [2.24, 2.45) is 11.8 Å². The highest BCUT2D eigenvalue weighted by molar-refractivity contribution is 5.89. The first-order valence-electron chi connectivity index (χ1n) is 6.17. The molecule has 2 rings (SSSR count). The minimum absolute atomic E-state index is 0.233. The van der Waals surface area contributed by atoms with E-state index in [-0.39, 0.29) is 11.7 Å². The van der Waals surface area contributed by atoms with Crippen LogP contribution in [0.3, 0.4) is 0 Å². The van der Waals surface area contributed by atoms with Crippen LogP contribution in [0.1, 0.15) is 24.9 Å². The first kappa shape index (κ1) is 13.5. The second kappa shape index (κ2) is 4.99. The molecular weight excluding hydrogens is 249 g/mol. The van der Waals surface area contributed by atoms with Crippen molar-refractivity contribution in [2.45, 2.75) is 19.4 Å². The normalized spacial score (nSPS) is 22.7. The SMILES string of the molecule is CC(c1ccccc1F)N(C)C(=O)C1CC1C(=O)O. The van der Waals surface area contributed by atoms with E-state index in [1.165, 1.54) is 11.0 Å². The molecule has 0 saturated heterocycles. The fourth-order valence-electron chi connectivity index (χ4n) is 2.22. The monoisotopic (exact) mass is 265 g/mol. The molecule has 0 bridgehead atoms. The van der Waals surface area contributed by atoms with E-state index >= 15 is 0 Å². The Kier molecular flexibility index (Phi) is 3.55. The number of rotatable bonds is 4. The molecule has 3 unspecified atom stereocenters. The van der Waals surface area contributed by atoms with Gasteiger partial charge in [-0.1, -0.05) is 18.2 Å². The van der Waals surface area contributed by atoms with Crippen molar-refractivity contribution in [3.63, 3.8) is 0 Å². The molecule has 1 amide bonds. The standard InChI is InChI=1S/C14H16FNO3/c1-8(9-5-3-4-6-12(9)15)16(2)13(17)10-7-11(10)14(18)19/h3-6,8,10-11H,7H2,1-2H3,(H,18,19). The molecule has 0 spiro atoms. The molecule has 0 heterocycles. The number of nitrogens with zero attached hydrogens (tertiary/aromatic N) is 1. The van der Waals surface area contributed by atoms with E-state index in [2.05, 4.69) is 0 Å². The van der Waals surface area contributed by atoms with Crippen LogP contribution in [0.25, 0.3) is 0 Å². The zero-order chi connectivity index (χ0) is 14.2. The third kappa shape index (κ3) is 2.59. The van der Waals surface area contributed by atoms with Gasteiger partial charge in [0.25, 0.3) is 0 Å². The van der Waals surface area contributed by atoms with Gasteiger partial charge in [0.2, 0.25) is 5.91 Å². The molecule has 1 N–H and O–H groups in total. The van der Waals surface area contributed by atoms with Gasteiger partial charge in [-0.05, 0) is 19.4 Å². The van der Waals surface area contributed by atoms with Crippen LogP contribution in [0.4, 0.5) is 4.39 Å². The van der Waals surface area contributed by atoms with Gasteiger partial charge in [-0.2, -0.15) is 0 Å². The zero-order valence-corrected chi connectivity index (χ0v) is 10.8. The molecule has 19 heavy (non-hydrogen) atoms. The highest BCUT2D eigenvalue weighted by Gasteiger charge is 2.49. The maximum Gasteiger partial charge on any atom is 0.307 e. The summed E-state index contributed by atoms with van der Waals surface area (Å²) in [7, 11) is 1.58. The van der Waals surface area contributed by atoms with E-state index in [1.807, 2.05) is 0 Å². The third-order valence-electron chi connectivity index (χ3n) is 3.71. The maximum atomic E-state index is 13.7. The molecular formula is C14H16FNO3. The van der Waals surface area contributed by atoms with Gasteiger partial charge >= 0.3 is 5.97 Å². The van der Waals surface area contributed by atoms with Crippen molar-refractivity contribution in [1.82, 2.24) is 4.90 Å². The van der Waals surface area contributed by atoms with Crippen LogP contribution in [-0.4, -0.2) is 28.9 Å². The lowest BCUT2D eigenvalue weighted by molar-refractivity contribution is -0.142. The van der Waals surface area contributed by atoms with Crippen molar-refractivity contribution in [3.8, 4) is 0 Å². The van der Waals surface area contributed by atoms with Crippen LogP contribution < -0.4 is 0 Å². The van der Waals surface area contributed by atoms with Gasteiger partial charge < -0.3 is 10.0 Å². The van der Waals surface area contributed by atoms with Crippen LogP contribution in [0.15, 0.2) is 24.3 Å². The van der Waals surface area contributed by atoms with Crippen LogP contribution in [0, 0.1) is 17.7 Å². The van der Waals surface area contributed by atoms with E-state index < -0.39 is 23.8 Å². The summed E-state index contributed by atoms with van der Waals surface area (Å²) >= 11 is 0. The smallest absolute Gasteiger partial charge is 0.307 e. The highest BCUT2D eigenvalue weighted by Crippen LogP contribution is 2.41. The molecule has 0 radical (unpaired) electrons. The summed E-state index contributed by atoms with van der Waals surface area (Å²) in [6, 6.07) is 5.87. The zero-order valence-electron chi connectivity index (χ0n) is 10.8. The van der Waals surface area contributed by atoms with Gasteiger partial charge in [0.15, 0.2) is 0 Å². The van der Waals surface area contributed by atoms with E-state index in [0.717, 1.165) is 0 Å².